The summed E-state index contributed by atoms with van der Waals surface area (Å²) in [5.41, 5.74) is 1.06. The minimum atomic E-state index is -0.178. The zero-order chi connectivity index (χ0) is 13.5. The first-order chi connectivity index (χ1) is 8.65. The van der Waals surface area contributed by atoms with Crippen LogP contribution in [0.15, 0.2) is 18.2 Å². The van der Waals surface area contributed by atoms with Gasteiger partial charge in [-0.25, -0.2) is 4.79 Å². The zero-order valence-electron chi connectivity index (χ0n) is 10.9. The highest BCUT2D eigenvalue weighted by molar-refractivity contribution is 5.91. The van der Waals surface area contributed by atoms with Crippen molar-refractivity contribution in [2.24, 2.45) is 0 Å². The zero-order valence-corrected chi connectivity index (χ0v) is 10.9. The number of anilines is 1. The van der Waals surface area contributed by atoms with E-state index >= 15 is 0 Å². The molecule has 0 atom stereocenters. The number of rotatable bonds is 4. The molecule has 18 heavy (non-hydrogen) atoms. The topological polar surface area (TPSA) is 65.4 Å². The quantitative estimate of drug-likeness (QED) is 0.888. The molecule has 1 aromatic carbocycles. The molecule has 0 spiro atoms. The van der Waals surface area contributed by atoms with Crippen molar-refractivity contribution < 1.29 is 9.53 Å². The van der Waals surface area contributed by atoms with Gasteiger partial charge in [-0.05, 0) is 26.0 Å². The molecule has 5 nitrogen and oxygen atoms in total. The van der Waals surface area contributed by atoms with Gasteiger partial charge >= 0.3 is 6.03 Å². The summed E-state index contributed by atoms with van der Waals surface area (Å²) >= 11 is 0. The summed E-state index contributed by atoms with van der Waals surface area (Å²) in [6.45, 7) is 5.11. The molecule has 0 saturated heterocycles. The standard InChI is InChI=1S/C13H17N3O2/c1-4-16(5-2)13(17)15-11-7-6-10(9-14)8-12(11)18-3/h6-8H,4-5H2,1-3H3,(H,15,17). The van der Waals surface area contributed by atoms with Crippen LogP contribution >= 0.6 is 0 Å². The molecule has 0 aliphatic heterocycles. The lowest BCUT2D eigenvalue weighted by Gasteiger charge is -2.20. The van der Waals surface area contributed by atoms with Gasteiger partial charge in [-0.2, -0.15) is 5.26 Å². The number of hydrogen-bond donors (Lipinski definition) is 1. The van der Waals surface area contributed by atoms with E-state index in [9.17, 15) is 4.79 Å². The highest BCUT2D eigenvalue weighted by Gasteiger charge is 2.12. The Morgan fingerprint density at radius 3 is 2.61 bits per heavy atom. The molecule has 1 rings (SSSR count). The monoisotopic (exact) mass is 247 g/mol. The van der Waals surface area contributed by atoms with Gasteiger partial charge in [-0.15, -0.1) is 0 Å². The van der Waals surface area contributed by atoms with Gasteiger partial charge in [-0.1, -0.05) is 0 Å². The molecule has 1 aromatic rings. The van der Waals surface area contributed by atoms with Crippen molar-refractivity contribution in [1.29, 1.82) is 5.26 Å². The summed E-state index contributed by atoms with van der Waals surface area (Å²) in [5.74, 6) is 0.481. The van der Waals surface area contributed by atoms with Crippen LogP contribution in [-0.4, -0.2) is 31.1 Å². The Kier molecular flexibility index (Phi) is 5.00. The number of hydrogen-bond acceptors (Lipinski definition) is 3. The fraction of sp³-hybridized carbons (Fsp3) is 0.385. The maximum absolute atomic E-state index is 11.9. The molecule has 0 fully saturated rings. The lowest BCUT2D eigenvalue weighted by Crippen LogP contribution is -2.34. The predicted molar refractivity (Wildman–Crippen MR) is 69.6 cm³/mol. The van der Waals surface area contributed by atoms with E-state index in [4.69, 9.17) is 10.00 Å². The van der Waals surface area contributed by atoms with Gasteiger partial charge < -0.3 is 15.0 Å². The first-order valence-corrected chi connectivity index (χ1v) is 5.80. The van der Waals surface area contributed by atoms with Crippen LogP contribution in [0.25, 0.3) is 0 Å². The second-order valence-electron chi connectivity index (χ2n) is 3.63. The Morgan fingerprint density at radius 2 is 2.11 bits per heavy atom. The maximum atomic E-state index is 11.9. The van der Waals surface area contributed by atoms with E-state index in [1.54, 1.807) is 23.1 Å². The molecule has 96 valence electrons. The van der Waals surface area contributed by atoms with Crippen LogP contribution in [0.1, 0.15) is 19.4 Å². The molecule has 0 heterocycles. The summed E-state index contributed by atoms with van der Waals surface area (Å²) in [5, 5.41) is 11.6. The normalized spacial score (nSPS) is 9.44. The van der Waals surface area contributed by atoms with E-state index in [1.165, 1.54) is 7.11 Å². The van der Waals surface area contributed by atoms with E-state index < -0.39 is 0 Å². The van der Waals surface area contributed by atoms with Crippen molar-refractivity contribution in [2.75, 3.05) is 25.5 Å². The number of nitrogens with zero attached hydrogens (tertiary/aromatic N) is 2. The van der Waals surface area contributed by atoms with Gasteiger partial charge in [-0.3, -0.25) is 0 Å². The second-order valence-corrected chi connectivity index (χ2v) is 3.63. The molecule has 0 unspecified atom stereocenters. The van der Waals surface area contributed by atoms with Crippen LogP contribution in [0.4, 0.5) is 10.5 Å². The third kappa shape index (κ3) is 3.14. The molecular formula is C13H17N3O2. The Labute approximate surface area is 107 Å². The molecule has 5 heteroatoms. The number of urea groups is 1. The molecule has 0 aromatic heterocycles. The Bertz CT molecular complexity index is 462. The maximum Gasteiger partial charge on any atom is 0.321 e. The number of carbonyl (C=O) groups excluding carboxylic acids is 1. The van der Waals surface area contributed by atoms with E-state index in [2.05, 4.69) is 5.32 Å². The largest absolute Gasteiger partial charge is 0.495 e. The van der Waals surface area contributed by atoms with E-state index in [0.29, 0.717) is 30.1 Å². The Hall–Kier alpha value is -2.22. The number of amides is 2. The lowest BCUT2D eigenvalue weighted by molar-refractivity contribution is 0.217. The van der Waals surface area contributed by atoms with Gasteiger partial charge in [0.15, 0.2) is 0 Å². The number of methoxy groups -OCH3 is 1. The van der Waals surface area contributed by atoms with E-state index in [0.717, 1.165) is 0 Å². The molecule has 0 aliphatic carbocycles. The molecule has 1 N–H and O–H groups in total. The van der Waals surface area contributed by atoms with E-state index in [-0.39, 0.29) is 6.03 Å². The minimum absolute atomic E-state index is 0.178. The van der Waals surface area contributed by atoms with E-state index in [1.807, 2.05) is 19.9 Å². The van der Waals surface area contributed by atoms with Gasteiger partial charge in [0, 0.05) is 19.2 Å². The molecule has 0 aliphatic rings. The number of nitrogens with one attached hydrogen (secondary N) is 1. The Balaban J connectivity index is 2.91. The Morgan fingerprint density at radius 1 is 1.44 bits per heavy atom. The smallest absolute Gasteiger partial charge is 0.321 e. The van der Waals surface area contributed by atoms with Gasteiger partial charge in [0.25, 0.3) is 0 Å². The van der Waals surface area contributed by atoms with Crippen molar-refractivity contribution >= 4 is 11.7 Å². The van der Waals surface area contributed by atoms with Crippen LogP contribution in [0.5, 0.6) is 5.75 Å². The first kappa shape index (κ1) is 13.8. The highest BCUT2D eigenvalue weighted by Crippen LogP contribution is 2.25. The van der Waals surface area contributed by atoms with Gasteiger partial charge in [0.1, 0.15) is 5.75 Å². The van der Waals surface area contributed by atoms with Crippen molar-refractivity contribution in [2.45, 2.75) is 13.8 Å². The summed E-state index contributed by atoms with van der Waals surface area (Å²) in [7, 11) is 1.50. The SMILES string of the molecule is CCN(CC)C(=O)Nc1ccc(C#N)cc1OC. The number of ether oxygens (including phenoxy) is 1. The fourth-order valence-corrected chi connectivity index (χ4v) is 1.57. The predicted octanol–water partition coefficient (Wildman–Crippen LogP) is 2.44. The van der Waals surface area contributed by atoms with Gasteiger partial charge in [0.2, 0.25) is 0 Å². The highest BCUT2D eigenvalue weighted by atomic mass is 16.5. The minimum Gasteiger partial charge on any atom is -0.495 e. The van der Waals surface area contributed by atoms with Crippen LogP contribution < -0.4 is 10.1 Å². The fourth-order valence-electron chi connectivity index (χ4n) is 1.57. The number of nitriles is 1. The average molecular weight is 247 g/mol. The first-order valence-electron chi connectivity index (χ1n) is 5.80. The number of carbonyl (C=O) groups is 1. The van der Waals surface area contributed by atoms with Crippen molar-refractivity contribution in [3.63, 3.8) is 0 Å². The average Bonchev–Trinajstić information content (AvgIpc) is 2.40. The van der Waals surface area contributed by atoms with Crippen LogP contribution in [-0.2, 0) is 0 Å². The van der Waals surface area contributed by atoms with Crippen molar-refractivity contribution in [3.8, 4) is 11.8 Å². The van der Waals surface area contributed by atoms with Crippen molar-refractivity contribution in [3.05, 3.63) is 23.8 Å². The molecule has 2 amide bonds. The summed E-state index contributed by atoms with van der Waals surface area (Å²) < 4.78 is 5.15. The van der Waals surface area contributed by atoms with Crippen LogP contribution in [0, 0.1) is 11.3 Å². The summed E-state index contributed by atoms with van der Waals surface area (Å²) in [4.78, 5) is 13.6. The van der Waals surface area contributed by atoms with Crippen LogP contribution in [0.3, 0.4) is 0 Å². The molecule has 0 radical (unpaired) electrons. The third-order valence-corrected chi connectivity index (χ3v) is 2.62. The number of benzene rings is 1. The van der Waals surface area contributed by atoms with Crippen LogP contribution in [0.2, 0.25) is 0 Å². The molecule has 0 saturated carbocycles. The molecule has 0 bridgehead atoms. The van der Waals surface area contributed by atoms with Gasteiger partial charge in [0.05, 0.1) is 24.4 Å². The van der Waals surface area contributed by atoms with Crippen molar-refractivity contribution in [1.82, 2.24) is 4.90 Å². The summed E-state index contributed by atoms with van der Waals surface area (Å²) in [6.07, 6.45) is 0. The second kappa shape index (κ2) is 6.50. The third-order valence-electron chi connectivity index (χ3n) is 2.62. The lowest BCUT2D eigenvalue weighted by atomic mass is 10.2. The summed E-state index contributed by atoms with van der Waals surface area (Å²) in [6, 6.07) is 6.75. The molecular weight excluding hydrogens is 230 g/mol.